The first-order valence-electron chi connectivity index (χ1n) is 6.51. The minimum atomic E-state index is 0.302. The maximum absolute atomic E-state index is 3.96. The Labute approximate surface area is 106 Å². The molecule has 0 fully saturated rings. The molecule has 0 saturated carbocycles. The molecule has 0 saturated heterocycles. The fraction of sp³-hybridized carbons (Fsp3) is 0.625. The average molecular weight is 234 g/mol. The second-order valence-corrected chi connectivity index (χ2v) is 7.42. The van der Waals surface area contributed by atoms with Gasteiger partial charge >= 0.3 is 0 Å². The van der Waals surface area contributed by atoms with E-state index < -0.39 is 0 Å². The average Bonchev–Trinajstić information content (AvgIpc) is 2.13. The van der Waals surface area contributed by atoms with Gasteiger partial charge in [-0.3, -0.25) is 0 Å². The van der Waals surface area contributed by atoms with Gasteiger partial charge in [0, 0.05) is 0 Å². The Kier molecular flexibility index (Phi) is 4.03. The van der Waals surface area contributed by atoms with Crippen molar-refractivity contribution in [1.29, 1.82) is 0 Å². The van der Waals surface area contributed by atoms with Gasteiger partial charge < -0.3 is 5.73 Å². The third-order valence-corrected chi connectivity index (χ3v) is 3.24. The maximum Gasteiger partial charge on any atom is 0.127 e. The van der Waals surface area contributed by atoms with E-state index in [4.69, 9.17) is 0 Å². The molecule has 0 radical (unpaired) electrons. The smallest absolute Gasteiger partial charge is 0.127 e. The number of rotatable bonds is 2. The van der Waals surface area contributed by atoms with Crippen molar-refractivity contribution >= 4 is 5.69 Å². The van der Waals surface area contributed by atoms with Crippen molar-refractivity contribution in [1.82, 2.24) is 0 Å². The van der Waals surface area contributed by atoms with Crippen LogP contribution in [0.2, 0.25) is 0 Å². The van der Waals surface area contributed by atoms with E-state index in [0.717, 1.165) is 5.69 Å². The summed E-state index contributed by atoms with van der Waals surface area (Å²) in [5.41, 5.74) is 7.16. The van der Waals surface area contributed by atoms with Gasteiger partial charge in [-0.15, -0.1) is 0 Å². The van der Waals surface area contributed by atoms with E-state index in [-0.39, 0.29) is 0 Å². The quantitative estimate of drug-likeness (QED) is 0.797. The molecule has 1 aromatic rings. The summed E-state index contributed by atoms with van der Waals surface area (Å²) in [6.07, 6.45) is 1.22. The third kappa shape index (κ3) is 4.51. The van der Waals surface area contributed by atoms with Gasteiger partial charge in [0.1, 0.15) is 5.69 Å². The molecule has 0 amide bonds. The molecular weight excluding hydrogens is 206 g/mol. The Bertz CT molecular complexity index is 349. The SMILES string of the molecule is CC(C)(C)CC(c1ccc([NH3+])cc1)C(C)(C)C. The van der Waals surface area contributed by atoms with Crippen LogP contribution in [0.3, 0.4) is 0 Å². The summed E-state index contributed by atoms with van der Waals surface area (Å²) in [5.74, 6) is 0.600. The number of quaternary nitrogens is 1. The molecule has 1 rings (SSSR count). The highest BCUT2D eigenvalue weighted by Crippen LogP contribution is 2.42. The fourth-order valence-corrected chi connectivity index (χ4v) is 2.29. The molecule has 0 aliphatic carbocycles. The van der Waals surface area contributed by atoms with E-state index in [2.05, 4.69) is 71.5 Å². The second-order valence-electron chi connectivity index (χ2n) is 7.42. The highest BCUT2D eigenvalue weighted by molar-refractivity contribution is 5.33. The minimum absolute atomic E-state index is 0.302. The first-order valence-corrected chi connectivity index (χ1v) is 6.51. The molecule has 1 nitrogen and oxygen atoms in total. The summed E-state index contributed by atoms with van der Waals surface area (Å²) < 4.78 is 0. The molecule has 0 bridgehead atoms. The molecule has 0 aromatic heterocycles. The van der Waals surface area contributed by atoms with Gasteiger partial charge in [-0.05, 0) is 40.9 Å². The molecule has 1 atom stereocenters. The predicted octanol–water partition coefficient (Wildman–Crippen LogP) is 4.13. The van der Waals surface area contributed by atoms with E-state index in [1.54, 1.807) is 0 Å². The lowest BCUT2D eigenvalue weighted by Crippen LogP contribution is -2.40. The molecule has 1 heteroatoms. The first-order chi connectivity index (χ1) is 7.59. The number of hydrogen-bond acceptors (Lipinski definition) is 0. The van der Waals surface area contributed by atoms with Gasteiger partial charge in [-0.2, -0.15) is 0 Å². The normalized spacial score (nSPS) is 14.8. The summed E-state index contributed by atoms with van der Waals surface area (Å²) >= 11 is 0. The number of hydrogen-bond donors (Lipinski definition) is 1. The van der Waals surface area contributed by atoms with E-state index >= 15 is 0 Å². The molecular formula is C16H28N+. The van der Waals surface area contributed by atoms with Crippen LogP contribution in [0.1, 0.15) is 59.4 Å². The summed E-state index contributed by atoms with van der Waals surface area (Å²) in [4.78, 5) is 0. The molecule has 0 heterocycles. The van der Waals surface area contributed by atoms with E-state index in [1.807, 2.05) is 0 Å². The van der Waals surface area contributed by atoms with Crippen molar-refractivity contribution < 1.29 is 5.73 Å². The topological polar surface area (TPSA) is 27.6 Å². The highest BCUT2D eigenvalue weighted by Gasteiger charge is 2.30. The van der Waals surface area contributed by atoms with Crippen molar-refractivity contribution in [2.24, 2.45) is 10.8 Å². The monoisotopic (exact) mass is 234 g/mol. The van der Waals surface area contributed by atoms with Gasteiger partial charge in [0.25, 0.3) is 0 Å². The van der Waals surface area contributed by atoms with E-state index in [1.165, 1.54) is 12.0 Å². The van der Waals surface area contributed by atoms with Crippen LogP contribution in [0.15, 0.2) is 24.3 Å². The lowest BCUT2D eigenvalue weighted by atomic mass is 9.69. The fourth-order valence-electron chi connectivity index (χ4n) is 2.29. The van der Waals surface area contributed by atoms with Crippen molar-refractivity contribution in [2.75, 3.05) is 0 Å². The molecule has 1 unspecified atom stereocenters. The van der Waals surface area contributed by atoms with Crippen LogP contribution in [0.4, 0.5) is 5.69 Å². The standard InChI is InChI=1S/C16H27N/c1-15(2,3)11-14(16(4,5)6)12-7-9-13(17)10-8-12/h7-10,14H,11,17H2,1-6H3/p+1. The second kappa shape index (κ2) is 4.81. The van der Waals surface area contributed by atoms with Gasteiger partial charge in [-0.1, -0.05) is 53.7 Å². The molecule has 0 aliphatic rings. The van der Waals surface area contributed by atoms with Gasteiger partial charge in [-0.25, -0.2) is 0 Å². The van der Waals surface area contributed by atoms with Crippen LogP contribution >= 0.6 is 0 Å². The van der Waals surface area contributed by atoms with Crippen LogP contribution in [0.25, 0.3) is 0 Å². The predicted molar refractivity (Wildman–Crippen MR) is 75.3 cm³/mol. The highest BCUT2D eigenvalue weighted by atomic mass is 14.5. The van der Waals surface area contributed by atoms with Crippen LogP contribution < -0.4 is 5.73 Å². The molecule has 0 spiro atoms. The van der Waals surface area contributed by atoms with E-state index in [0.29, 0.717) is 16.7 Å². The Morgan fingerprint density at radius 1 is 0.941 bits per heavy atom. The van der Waals surface area contributed by atoms with Gasteiger partial charge in [0.15, 0.2) is 0 Å². The Balaban J connectivity index is 3.03. The molecule has 3 N–H and O–H groups in total. The Morgan fingerprint density at radius 3 is 1.76 bits per heavy atom. The first kappa shape index (κ1) is 14.2. The van der Waals surface area contributed by atoms with Gasteiger partial charge in [0.05, 0.1) is 0 Å². The summed E-state index contributed by atoms with van der Waals surface area (Å²) in [7, 11) is 0. The summed E-state index contributed by atoms with van der Waals surface area (Å²) in [6.45, 7) is 14.0. The molecule has 17 heavy (non-hydrogen) atoms. The van der Waals surface area contributed by atoms with Crippen LogP contribution in [-0.2, 0) is 0 Å². The van der Waals surface area contributed by atoms with Crippen molar-refractivity contribution in [3.8, 4) is 0 Å². The zero-order valence-corrected chi connectivity index (χ0v) is 12.3. The Morgan fingerprint density at radius 2 is 1.41 bits per heavy atom. The molecule has 96 valence electrons. The lowest BCUT2D eigenvalue weighted by Gasteiger charge is -2.36. The van der Waals surface area contributed by atoms with Crippen LogP contribution in [0.5, 0.6) is 0 Å². The minimum Gasteiger partial charge on any atom is -0.325 e. The van der Waals surface area contributed by atoms with Crippen molar-refractivity contribution in [3.05, 3.63) is 29.8 Å². The zero-order chi connectivity index (χ0) is 13.3. The maximum atomic E-state index is 3.96. The lowest BCUT2D eigenvalue weighted by molar-refractivity contribution is -0.254. The van der Waals surface area contributed by atoms with Crippen molar-refractivity contribution in [2.45, 2.75) is 53.9 Å². The zero-order valence-electron chi connectivity index (χ0n) is 12.3. The van der Waals surface area contributed by atoms with Crippen LogP contribution in [-0.4, -0.2) is 0 Å². The third-order valence-electron chi connectivity index (χ3n) is 3.24. The van der Waals surface area contributed by atoms with E-state index in [9.17, 15) is 0 Å². The molecule has 1 aromatic carbocycles. The molecule has 0 aliphatic heterocycles. The Hall–Kier alpha value is -0.820. The van der Waals surface area contributed by atoms with Gasteiger partial charge in [0.2, 0.25) is 0 Å². The van der Waals surface area contributed by atoms with Crippen LogP contribution in [0, 0.1) is 10.8 Å². The largest absolute Gasteiger partial charge is 0.325 e. The summed E-state index contributed by atoms with van der Waals surface area (Å²) in [6, 6.07) is 8.72. The summed E-state index contributed by atoms with van der Waals surface area (Å²) in [5, 5.41) is 0. The van der Waals surface area contributed by atoms with Crippen molar-refractivity contribution in [3.63, 3.8) is 0 Å². The number of benzene rings is 1.